The SMILES string of the molecule is CCOC(=O)c1cc(Nc2cccc(N3CCNCC3)n2)ccc1Cl. The predicted molar refractivity (Wildman–Crippen MR) is 100 cm³/mol. The third-order valence-electron chi connectivity index (χ3n) is 3.91. The number of carbonyl (C=O) groups excluding carboxylic acids is 1. The van der Waals surface area contributed by atoms with E-state index in [2.05, 4.69) is 20.5 Å². The van der Waals surface area contributed by atoms with Crippen molar-refractivity contribution in [2.45, 2.75) is 6.92 Å². The Bertz CT molecular complexity index is 748. The van der Waals surface area contributed by atoms with Crippen LogP contribution in [-0.4, -0.2) is 43.7 Å². The summed E-state index contributed by atoms with van der Waals surface area (Å²) in [4.78, 5) is 18.9. The summed E-state index contributed by atoms with van der Waals surface area (Å²) in [5, 5.41) is 6.93. The highest BCUT2D eigenvalue weighted by Gasteiger charge is 2.14. The zero-order valence-corrected chi connectivity index (χ0v) is 14.8. The number of halogens is 1. The van der Waals surface area contributed by atoms with Crippen LogP contribution >= 0.6 is 11.6 Å². The number of nitrogens with one attached hydrogen (secondary N) is 2. The standard InChI is InChI=1S/C18H21ClN4O2/c1-2-25-18(24)14-12-13(6-7-15(14)19)21-16-4-3-5-17(22-16)23-10-8-20-9-11-23/h3-7,12,20H,2,8-11H2,1H3,(H,21,22). The van der Waals surface area contributed by atoms with Gasteiger partial charge in [-0.1, -0.05) is 17.7 Å². The highest BCUT2D eigenvalue weighted by Crippen LogP contribution is 2.24. The molecule has 25 heavy (non-hydrogen) atoms. The minimum absolute atomic E-state index is 0.307. The van der Waals surface area contributed by atoms with E-state index in [-0.39, 0.29) is 0 Å². The molecule has 0 spiro atoms. The number of benzene rings is 1. The first-order valence-corrected chi connectivity index (χ1v) is 8.71. The van der Waals surface area contributed by atoms with Crippen LogP contribution in [0.1, 0.15) is 17.3 Å². The zero-order valence-electron chi connectivity index (χ0n) is 14.1. The summed E-state index contributed by atoms with van der Waals surface area (Å²) in [5.74, 6) is 1.22. The van der Waals surface area contributed by atoms with E-state index in [0.717, 1.165) is 37.7 Å². The molecule has 0 amide bonds. The van der Waals surface area contributed by atoms with Crippen molar-refractivity contribution in [3.05, 3.63) is 47.0 Å². The van der Waals surface area contributed by atoms with E-state index in [1.54, 1.807) is 19.1 Å². The van der Waals surface area contributed by atoms with Gasteiger partial charge in [-0.25, -0.2) is 9.78 Å². The zero-order chi connectivity index (χ0) is 17.6. The van der Waals surface area contributed by atoms with Crippen molar-refractivity contribution >= 4 is 34.9 Å². The van der Waals surface area contributed by atoms with Gasteiger partial charge in [0.05, 0.1) is 17.2 Å². The van der Waals surface area contributed by atoms with Crippen LogP contribution in [0.15, 0.2) is 36.4 Å². The van der Waals surface area contributed by atoms with Gasteiger partial charge in [0.1, 0.15) is 11.6 Å². The number of hydrogen-bond acceptors (Lipinski definition) is 6. The molecular weight excluding hydrogens is 340 g/mol. The lowest BCUT2D eigenvalue weighted by Gasteiger charge is -2.28. The molecule has 2 N–H and O–H groups in total. The molecule has 1 saturated heterocycles. The van der Waals surface area contributed by atoms with Crippen LogP contribution in [0.3, 0.4) is 0 Å². The second-order valence-electron chi connectivity index (χ2n) is 5.66. The Labute approximate surface area is 152 Å². The summed E-state index contributed by atoms with van der Waals surface area (Å²) in [5.41, 5.74) is 1.07. The lowest BCUT2D eigenvalue weighted by Crippen LogP contribution is -2.43. The molecule has 0 unspecified atom stereocenters. The smallest absolute Gasteiger partial charge is 0.339 e. The van der Waals surface area contributed by atoms with Crippen LogP contribution < -0.4 is 15.5 Å². The maximum Gasteiger partial charge on any atom is 0.339 e. The largest absolute Gasteiger partial charge is 0.462 e. The van der Waals surface area contributed by atoms with Crippen molar-refractivity contribution in [1.29, 1.82) is 0 Å². The van der Waals surface area contributed by atoms with Crippen molar-refractivity contribution in [3.8, 4) is 0 Å². The number of ether oxygens (including phenoxy) is 1. The minimum Gasteiger partial charge on any atom is -0.462 e. The lowest BCUT2D eigenvalue weighted by atomic mass is 10.2. The molecule has 3 rings (SSSR count). The number of pyridine rings is 1. The number of hydrogen-bond donors (Lipinski definition) is 2. The van der Waals surface area contributed by atoms with Crippen LogP contribution in [0.25, 0.3) is 0 Å². The fourth-order valence-corrected chi connectivity index (χ4v) is 2.87. The number of piperazine rings is 1. The van der Waals surface area contributed by atoms with E-state index in [9.17, 15) is 4.79 Å². The summed E-state index contributed by atoms with van der Waals surface area (Å²) in [6, 6.07) is 11.0. The maximum atomic E-state index is 12.0. The number of esters is 1. The molecule has 0 atom stereocenters. The first-order chi connectivity index (χ1) is 12.2. The van der Waals surface area contributed by atoms with Gasteiger partial charge in [-0.15, -0.1) is 0 Å². The van der Waals surface area contributed by atoms with Crippen LogP contribution in [0.5, 0.6) is 0 Å². The Hall–Kier alpha value is -2.31. The van der Waals surface area contributed by atoms with E-state index in [4.69, 9.17) is 16.3 Å². The molecule has 1 aromatic heterocycles. The monoisotopic (exact) mass is 360 g/mol. The van der Waals surface area contributed by atoms with Gasteiger partial charge in [-0.3, -0.25) is 0 Å². The molecule has 1 aliphatic rings. The number of rotatable bonds is 5. The van der Waals surface area contributed by atoms with Crippen molar-refractivity contribution in [2.24, 2.45) is 0 Å². The van der Waals surface area contributed by atoms with Crippen molar-refractivity contribution < 1.29 is 9.53 Å². The third-order valence-corrected chi connectivity index (χ3v) is 4.24. The Morgan fingerprint density at radius 2 is 2.12 bits per heavy atom. The average Bonchev–Trinajstić information content (AvgIpc) is 2.64. The highest BCUT2D eigenvalue weighted by molar-refractivity contribution is 6.33. The van der Waals surface area contributed by atoms with E-state index in [1.165, 1.54) is 0 Å². The molecule has 0 aliphatic carbocycles. The Balaban J connectivity index is 1.78. The number of anilines is 3. The average molecular weight is 361 g/mol. The molecular formula is C18H21ClN4O2. The normalized spacial score (nSPS) is 14.2. The summed E-state index contributed by atoms with van der Waals surface area (Å²) >= 11 is 6.10. The summed E-state index contributed by atoms with van der Waals surface area (Å²) in [7, 11) is 0. The van der Waals surface area contributed by atoms with E-state index in [0.29, 0.717) is 23.0 Å². The number of nitrogens with zero attached hydrogens (tertiary/aromatic N) is 2. The lowest BCUT2D eigenvalue weighted by molar-refractivity contribution is 0.0526. The summed E-state index contributed by atoms with van der Waals surface area (Å²) in [6.07, 6.45) is 0. The number of carbonyl (C=O) groups is 1. The quantitative estimate of drug-likeness (QED) is 0.799. The molecule has 7 heteroatoms. The third kappa shape index (κ3) is 4.41. The summed E-state index contributed by atoms with van der Waals surface area (Å²) in [6.45, 7) is 5.86. The van der Waals surface area contributed by atoms with Crippen LogP contribution in [-0.2, 0) is 4.74 Å². The molecule has 132 valence electrons. The van der Waals surface area contributed by atoms with Gasteiger partial charge in [0.15, 0.2) is 0 Å². The van der Waals surface area contributed by atoms with Gasteiger partial charge < -0.3 is 20.3 Å². The Morgan fingerprint density at radius 3 is 2.88 bits per heavy atom. The first-order valence-electron chi connectivity index (χ1n) is 8.34. The summed E-state index contributed by atoms with van der Waals surface area (Å²) < 4.78 is 5.03. The Kier molecular flexibility index (Phi) is 5.73. The van der Waals surface area contributed by atoms with Gasteiger partial charge in [0.2, 0.25) is 0 Å². The molecule has 0 radical (unpaired) electrons. The van der Waals surface area contributed by atoms with E-state index >= 15 is 0 Å². The predicted octanol–water partition coefficient (Wildman–Crippen LogP) is 3.06. The van der Waals surface area contributed by atoms with Crippen molar-refractivity contribution in [2.75, 3.05) is 43.0 Å². The van der Waals surface area contributed by atoms with Gasteiger partial charge in [0.25, 0.3) is 0 Å². The van der Waals surface area contributed by atoms with Gasteiger partial charge in [0, 0.05) is 31.9 Å². The fourth-order valence-electron chi connectivity index (χ4n) is 2.68. The molecule has 0 bridgehead atoms. The molecule has 1 fully saturated rings. The molecule has 1 aliphatic heterocycles. The van der Waals surface area contributed by atoms with Crippen LogP contribution in [0.4, 0.5) is 17.3 Å². The van der Waals surface area contributed by atoms with Crippen LogP contribution in [0, 0.1) is 0 Å². The topological polar surface area (TPSA) is 66.5 Å². The maximum absolute atomic E-state index is 12.0. The van der Waals surface area contributed by atoms with Gasteiger partial charge in [-0.05, 0) is 37.3 Å². The second-order valence-corrected chi connectivity index (χ2v) is 6.07. The van der Waals surface area contributed by atoms with Crippen molar-refractivity contribution in [1.82, 2.24) is 10.3 Å². The Morgan fingerprint density at radius 1 is 1.32 bits per heavy atom. The van der Waals surface area contributed by atoms with Crippen molar-refractivity contribution in [3.63, 3.8) is 0 Å². The van der Waals surface area contributed by atoms with Gasteiger partial charge in [-0.2, -0.15) is 0 Å². The second kappa shape index (κ2) is 8.18. The molecule has 1 aromatic carbocycles. The van der Waals surface area contributed by atoms with E-state index < -0.39 is 5.97 Å². The van der Waals surface area contributed by atoms with E-state index in [1.807, 2.05) is 24.3 Å². The fraction of sp³-hybridized carbons (Fsp3) is 0.333. The molecule has 2 aromatic rings. The van der Waals surface area contributed by atoms with Gasteiger partial charge >= 0.3 is 5.97 Å². The number of aromatic nitrogens is 1. The molecule has 2 heterocycles. The first kappa shape index (κ1) is 17.5. The molecule has 6 nitrogen and oxygen atoms in total. The highest BCUT2D eigenvalue weighted by atomic mass is 35.5. The molecule has 0 saturated carbocycles. The minimum atomic E-state index is -0.432. The van der Waals surface area contributed by atoms with Crippen LogP contribution in [0.2, 0.25) is 5.02 Å².